The van der Waals surface area contributed by atoms with E-state index in [1.807, 2.05) is 12.1 Å². The molecule has 0 atom stereocenters. The van der Waals surface area contributed by atoms with E-state index in [9.17, 15) is 9.90 Å². The summed E-state index contributed by atoms with van der Waals surface area (Å²) in [4.78, 5) is 16.0. The fourth-order valence-electron chi connectivity index (χ4n) is 2.65. The third-order valence-electron chi connectivity index (χ3n) is 3.85. The van der Waals surface area contributed by atoms with Crippen LogP contribution in [0, 0.1) is 0 Å². The molecule has 6 nitrogen and oxygen atoms in total. The van der Waals surface area contributed by atoms with Gasteiger partial charge in [-0.15, -0.1) is 0 Å². The second kappa shape index (κ2) is 6.07. The normalized spacial score (nSPS) is 11.1. The number of rotatable bonds is 4. The van der Waals surface area contributed by atoms with Gasteiger partial charge in [0.25, 0.3) is 0 Å². The molecule has 0 unspecified atom stereocenters. The van der Waals surface area contributed by atoms with E-state index in [1.165, 1.54) is 18.5 Å². The van der Waals surface area contributed by atoms with Crippen molar-refractivity contribution in [2.24, 2.45) is 0 Å². The average molecular weight is 353 g/mol. The van der Waals surface area contributed by atoms with Gasteiger partial charge in [-0.3, -0.25) is 0 Å². The molecule has 4 aromatic rings. The highest BCUT2D eigenvalue weighted by atomic mass is 35.5. The van der Waals surface area contributed by atoms with Crippen molar-refractivity contribution in [2.45, 2.75) is 6.54 Å². The first-order valence-electron chi connectivity index (χ1n) is 7.48. The zero-order valence-corrected chi connectivity index (χ0v) is 13.6. The van der Waals surface area contributed by atoms with Crippen LogP contribution < -0.4 is 5.11 Å². The van der Waals surface area contributed by atoms with Gasteiger partial charge in [0.2, 0.25) is 0 Å². The zero-order valence-electron chi connectivity index (χ0n) is 12.8. The molecule has 3 heterocycles. The average Bonchev–Trinajstić information content (AvgIpc) is 3.26. The Morgan fingerprint density at radius 1 is 1.24 bits per heavy atom. The lowest BCUT2D eigenvalue weighted by atomic mass is 10.1. The molecule has 0 aliphatic heterocycles. The zero-order chi connectivity index (χ0) is 17.4. The maximum atomic E-state index is 11.5. The van der Waals surface area contributed by atoms with Crippen LogP contribution in [0.15, 0.2) is 59.3 Å². The summed E-state index contributed by atoms with van der Waals surface area (Å²) in [5.74, 6) is -0.810. The van der Waals surface area contributed by atoms with Crippen LogP contribution in [0.1, 0.15) is 15.9 Å². The summed E-state index contributed by atoms with van der Waals surface area (Å²) in [6, 6.07) is 12.2. The minimum atomic E-state index is -1.29. The number of hydrogen-bond acceptors (Lipinski definition) is 5. The maximum absolute atomic E-state index is 11.5. The number of pyridine rings is 1. The van der Waals surface area contributed by atoms with Crippen LogP contribution in [0.5, 0.6) is 0 Å². The van der Waals surface area contributed by atoms with Gasteiger partial charge in [0, 0.05) is 16.0 Å². The Kier molecular flexibility index (Phi) is 3.74. The predicted molar refractivity (Wildman–Crippen MR) is 90.1 cm³/mol. The van der Waals surface area contributed by atoms with E-state index in [4.69, 9.17) is 16.0 Å². The number of aromatic nitrogens is 3. The number of carbonyl (C=O) groups excluding carboxylic acids is 1. The van der Waals surface area contributed by atoms with Crippen molar-refractivity contribution < 1.29 is 14.3 Å². The molecule has 0 radical (unpaired) electrons. The number of furan rings is 1. The highest BCUT2D eigenvalue weighted by molar-refractivity contribution is 6.30. The molecule has 1 aromatic carbocycles. The molecule has 7 heteroatoms. The van der Waals surface area contributed by atoms with E-state index in [-0.39, 0.29) is 5.56 Å². The number of halogens is 1. The number of carbonyl (C=O) groups is 1. The molecule has 0 aliphatic carbocycles. The quantitative estimate of drug-likeness (QED) is 0.564. The number of aromatic carboxylic acids is 1. The fourth-order valence-corrected chi connectivity index (χ4v) is 2.77. The van der Waals surface area contributed by atoms with Gasteiger partial charge in [-0.05, 0) is 35.9 Å². The van der Waals surface area contributed by atoms with Gasteiger partial charge in [-0.1, -0.05) is 23.7 Å². The SMILES string of the molecule is O=C([O-])c1cc(-c2ccco2)nc2c1cnn2Cc1ccc(Cl)cc1. The van der Waals surface area contributed by atoms with Crippen LogP contribution in [0.3, 0.4) is 0 Å². The molecule has 25 heavy (non-hydrogen) atoms. The monoisotopic (exact) mass is 352 g/mol. The Labute approximate surface area is 147 Å². The number of hydrogen-bond donors (Lipinski definition) is 0. The third-order valence-corrected chi connectivity index (χ3v) is 4.10. The van der Waals surface area contributed by atoms with Gasteiger partial charge in [0.15, 0.2) is 11.4 Å². The maximum Gasteiger partial charge on any atom is 0.159 e. The summed E-state index contributed by atoms with van der Waals surface area (Å²) in [6.45, 7) is 0.432. The van der Waals surface area contributed by atoms with E-state index in [2.05, 4.69) is 10.1 Å². The van der Waals surface area contributed by atoms with Gasteiger partial charge in [-0.25, -0.2) is 9.67 Å². The molecular formula is C18H11ClN3O3-. The molecular weight excluding hydrogens is 342 g/mol. The highest BCUT2D eigenvalue weighted by Gasteiger charge is 2.14. The van der Waals surface area contributed by atoms with Crippen molar-refractivity contribution in [1.82, 2.24) is 14.8 Å². The van der Waals surface area contributed by atoms with E-state index in [1.54, 1.807) is 28.9 Å². The molecule has 0 amide bonds. The third kappa shape index (κ3) is 2.88. The first kappa shape index (κ1) is 15.4. The molecule has 0 fully saturated rings. The number of carboxylic acids is 1. The molecule has 0 N–H and O–H groups in total. The Balaban J connectivity index is 1.85. The van der Waals surface area contributed by atoms with Gasteiger partial charge in [0.1, 0.15) is 5.69 Å². The topological polar surface area (TPSA) is 84.0 Å². The van der Waals surface area contributed by atoms with Crippen molar-refractivity contribution in [3.05, 3.63) is 71.1 Å². The molecule has 0 spiro atoms. The predicted octanol–water partition coefficient (Wildman–Crippen LogP) is 2.76. The molecule has 4 rings (SSSR count). The van der Waals surface area contributed by atoms with Crippen LogP contribution in [-0.2, 0) is 6.54 Å². The summed E-state index contributed by atoms with van der Waals surface area (Å²) in [6.07, 6.45) is 2.99. The van der Waals surface area contributed by atoms with Crippen LogP contribution >= 0.6 is 11.6 Å². The lowest BCUT2D eigenvalue weighted by Crippen LogP contribution is -2.22. The summed E-state index contributed by atoms with van der Waals surface area (Å²) in [5.41, 5.74) is 1.85. The van der Waals surface area contributed by atoms with Crippen LogP contribution in [-0.4, -0.2) is 20.7 Å². The first-order valence-corrected chi connectivity index (χ1v) is 7.86. The van der Waals surface area contributed by atoms with E-state index >= 15 is 0 Å². The number of nitrogens with zero attached hydrogens (tertiary/aromatic N) is 3. The van der Waals surface area contributed by atoms with Crippen LogP contribution in [0.2, 0.25) is 5.02 Å². The molecule has 0 aliphatic rings. The Morgan fingerprint density at radius 2 is 2.04 bits per heavy atom. The van der Waals surface area contributed by atoms with Crippen molar-refractivity contribution in [3.8, 4) is 11.5 Å². The minimum Gasteiger partial charge on any atom is -0.545 e. The number of fused-ring (bicyclic) bond motifs is 1. The van der Waals surface area contributed by atoms with Crippen molar-refractivity contribution >= 4 is 28.6 Å². The second-order valence-corrected chi connectivity index (χ2v) is 5.92. The summed E-state index contributed by atoms with van der Waals surface area (Å²) in [7, 11) is 0. The van der Waals surface area contributed by atoms with Crippen LogP contribution in [0.25, 0.3) is 22.5 Å². The lowest BCUT2D eigenvalue weighted by molar-refractivity contribution is -0.254. The van der Waals surface area contributed by atoms with Crippen molar-refractivity contribution in [2.75, 3.05) is 0 Å². The summed E-state index contributed by atoms with van der Waals surface area (Å²) >= 11 is 5.90. The van der Waals surface area contributed by atoms with Crippen LogP contribution in [0.4, 0.5) is 0 Å². The Morgan fingerprint density at radius 3 is 2.72 bits per heavy atom. The lowest BCUT2D eigenvalue weighted by Gasteiger charge is -2.08. The van der Waals surface area contributed by atoms with Gasteiger partial charge in [-0.2, -0.15) is 5.10 Å². The molecule has 124 valence electrons. The number of carboxylic acid groups (broad SMARTS) is 1. The number of benzene rings is 1. The summed E-state index contributed by atoms with van der Waals surface area (Å²) in [5, 5.41) is 16.9. The first-order chi connectivity index (χ1) is 12.1. The van der Waals surface area contributed by atoms with Gasteiger partial charge in [0.05, 0.1) is 25.0 Å². The van der Waals surface area contributed by atoms with Gasteiger partial charge >= 0.3 is 0 Å². The molecule has 0 saturated carbocycles. The molecule has 3 aromatic heterocycles. The van der Waals surface area contributed by atoms with Crippen molar-refractivity contribution in [1.29, 1.82) is 0 Å². The Bertz CT molecular complexity index is 1050. The van der Waals surface area contributed by atoms with Gasteiger partial charge < -0.3 is 14.3 Å². The van der Waals surface area contributed by atoms with E-state index in [0.717, 1.165) is 5.56 Å². The largest absolute Gasteiger partial charge is 0.545 e. The van der Waals surface area contributed by atoms with E-state index < -0.39 is 5.97 Å². The molecule has 0 bridgehead atoms. The standard InChI is InChI=1S/C18H12ClN3O3/c19-12-5-3-11(4-6-12)10-22-17-14(9-20-22)13(18(23)24)8-15(21-17)16-2-1-7-25-16/h1-9H,10H2,(H,23,24)/p-1. The Hall–Kier alpha value is -3.12. The minimum absolute atomic E-state index is 0.0266. The summed E-state index contributed by atoms with van der Waals surface area (Å²) < 4.78 is 6.97. The van der Waals surface area contributed by atoms with E-state index in [0.29, 0.717) is 34.1 Å². The highest BCUT2D eigenvalue weighted by Crippen LogP contribution is 2.25. The molecule has 0 saturated heterocycles. The van der Waals surface area contributed by atoms with Crippen molar-refractivity contribution in [3.63, 3.8) is 0 Å². The second-order valence-electron chi connectivity index (χ2n) is 5.49. The smallest absolute Gasteiger partial charge is 0.159 e. The fraction of sp³-hybridized carbons (Fsp3) is 0.0556.